The summed E-state index contributed by atoms with van der Waals surface area (Å²) in [6.45, 7) is 2.37. The molecule has 0 aliphatic carbocycles. The van der Waals surface area contributed by atoms with Crippen LogP contribution in [0.15, 0.2) is 47.4 Å². The third kappa shape index (κ3) is 2.90. The highest BCUT2D eigenvalue weighted by Crippen LogP contribution is 2.19. The largest absolute Gasteiger partial charge is 0.497 e. The number of nitrogens with zero attached hydrogens (tertiary/aromatic N) is 1. The minimum atomic E-state index is -0.471. The van der Waals surface area contributed by atoms with E-state index in [1.54, 1.807) is 30.9 Å². The van der Waals surface area contributed by atoms with Gasteiger partial charge in [-0.15, -0.1) is 0 Å². The van der Waals surface area contributed by atoms with Crippen LogP contribution in [0.25, 0.3) is 10.9 Å². The van der Waals surface area contributed by atoms with Crippen LogP contribution in [0.5, 0.6) is 5.75 Å². The molecule has 0 atom stereocenters. The number of pyridine rings is 1. The summed E-state index contributed by atoms with van der Waals surface area (Å²) >= 11 is 0. The smallest absolute Gasteiger partial charge is 0.356 e. The second kappa shape index (κ2) is 6.62. The zero-order valence-electron chi connectivity index (χ0n) is 13.5. The third-order valence-corrected chi connectivity index (χ3v) is 3.80. The van der Waals surface area contributed by atoms with Crippen molar-refractivity contribution in [3.8, 4) is 5.75 Å². The average Bonchev–Trinajstić information content (AvgIpc) is 3.02. The predicted octanol–water partition coefficient (Wildman–Crippen LogP) is 2.56. The second-order valence-corrected chi connectivity index (χ2v) is 5.29. The lowest BCUT2D eigenvalue weighted by molar-refractivity contribution is 0.0522. The molecule has 0 saturated heterocycles. The fraction of sp³-hybridized carbons (Fsp3) is 0.222. The summed E-state index contributed by atoms with van der Waals surface area (Å²) < 4.78 is 11.8. The summed E-state index contributed by atoms with van der Waals surface area (Å²) in [5.41, 5.74) is 1.60. The first-order chi connectivity index (χ1) is 11.6. The van der Waals surface area contributed by atoms with Crippen molar-refractivity contribution in [1.29, 1.82) is 0 Å². The Hall–Kier alpha value is -3.02. The maximum Gasteiger partial charge on any atom is 0.356 e. The van der Waals surface area contributed by atoms with Crippen LogP contribution in [0, 0.1) is 0 Å². The van der Waals surface area contributed by atoms with Gasteiger partial charge in [0.05, 0.1) is 25.8 Å². The van der Waals surface area contributed by atoms with Crippen molar-refractivity contribution in [2.45, 2.75) is 13.5 Å². The van der Waals surface area contributed by atoms with Crippen LogP contribution >= 0.6 is 0 Å². The summed E-state index contributed by atoms with van der Waals surface area (Å²) in [7, 11) is 1.60. The topological polar surface area (TPSA) is 73.3 Å². The van der Waals surface area contributed by atoms with Crippen molar-refractivity contribution in [2.75, 3.05) is 13.7 Å². The Morgan fingerprint density at radius 3 is 2.58 bits per heavy atom. The fourth-order valence-corrected chi connectivity index (χ4v) is 2.64. The molecule has 6 heteroatoms. The highest BCUT2D eigenvalue weighted by molar-refractivity contribution is 6.01. The molecule has 124 valence electrons. The molecule has 0 fully saturated rings. The third-order valence-electron chi connectivity index (χ3n) is 3.80. The summed E-state index contributed by atoms with van der Waals surface area (Å²) in [4.78, 5) is 27.4. The van der Waals surface area contributed by atoms with E-state index in [9.17, 15) is 9.59 Å². The quantitative estimate of drug-likeness (QED) is 0.731. The number of carbonyl (C=O) groups excluding carboxylic acids is 1. The SMILES string of the molecule is CCOC(=O)c1[nH]cc2ccc(=O)n(Cc3ccc(OC)cc3)c12. The van der Waals surface area contributed by atoms with Gasteiger partial charge in [0.1, 0.15) is 11.4 Å². The molecule has 1 aromatic carbocycles. The maximum atomic E-state index is 12.4. The van der Waals surface area contributed by atoms with E-state index < -0.39 is 5.97 Å². The van der Waals surface area contributed by atoms with Gasteiger partial charge in [-0.05, 0) is 30.7 Å². The summed E-state index contributed by atoms with van der Waals surface area (Å²) in [5.74, 6) is 0.278. The Bertz CT molecular complexity index is 922. The van der Waals surface area contributed by atoms with Gasteiger partial charge in [-0.3, -0.25) is 4.79 Å². The van der Waals surface area contributed by atoms with E-state index in [-0.39, 0.29) is 17.9 Å². The van der Waals surface area contributed by atoms with Crippen LogP contribution in [0.1, 0.15) is 23.0 Å². The molecule has 3 aromatic rings. The number of aromatic amines is 1. The monoisotopic (exact) mass is 326 g/mol. The molecule has 3 rings (SSSR count). The van der Waals surface area contributed by atoms with Crippen molar-refractivity contribution in [1.82, 2.24) is 9.55 Å². The van der Waals surface area contributed by atoms with Gasteiger partial charge in [-0.2, -0.15) is 0 Å². The zero-order chi connectivity index (χ0) is 17.1. The first kappa shape index (κ1) is 15.9. The highest BCUT2D eigenvalue weighted by atomic mass is 16.5. The van der Waals surface area contributed by atoms with E-state index in [1.165, 1.54) is 6.07 Å². The number of benzene rings is 1. The van der Waals surface area contributed by atoms with E-state index in [2.05, 4.69) is 4.98 Å². The van der Waals surface area contributed by atoms with Crippen LogP contribution in [0.4, 0.5) is 0 Å². The van der Waals surface area contributed by atoms with E-state index in [0.717, 1.165) is 16.7 Å². The Morgan fingerprint density at radius 2 is 1.92 bits per heavy atom. The number of fused-ring (bicyclic) bond motifs is 1. The molecule has 0 unspecified atom stereocenters. The Morgan fingerprint density at radius 1 is 1.17 bits per heavy atom. The number of H-pyrrole nitrogens is 1. The van der Waals surface area contributed by atoms with E-state index >= 15 is 0 Å². The summed E-state index contributed by atoms with van der Waals surface area (Å²) in [6.07, 6.45) is 1.70. The van der Waals surface area contributed by atoms with Crippen molar-refractivity contribution >= 4 is 16.9 Å². The highest BCUT2D eigenvalue weighted by Gasteiger charge is 2.17. The van der Waals surface area contributed by atoms with Crippen LogP contribution in [0.2, 0.25) is 0 Å². The van der Waals surface area contributed by atoms with Crippen LogP contribution in [-0.4, -0.2) is 29.2 Å². The number of hydrogen-bond acceptors (Lipinski definition) is 4. The second-order valence-electron chi connectivity index (χ2n) is 5.29. The molecule has 2 aromatic heterocycles. The number of rotatable bonds is 5. The van der Waals surface area contributed by atoms with Gasteiger partial charge in [0.2, 0.25) is 0 Å². The van der Waals surface area contributed by atoms with Gasteiger partial charge in [-0.25, -0.2) is 4.79 Å². The molecule has 2 heterocycles. The lowest BCUT2D eigenvalue weighted by Crippen LogP contribution is -2.21. The molecule has 0 radical (unpaired) electrons. The molecular weight excluding hydrogens is 308 g/mol. The maximum absolute atomic E-state index is 12.4. The Balaban J connectivity index is 2.08. The number of methoxy groups -OCH3 is 1. The zero-order valence-corrected chi connectivity index (χ0v) is 13.5. The average molecular weight is 326 g/mol. The molecule has 24 heavy (non-hydrogen) atoms. The van der Waals surface area contributed by atoms with E-state index in [0.29, 0.717) is 12.1 Å². The first-order valence-corrected chi connectivity index (χ1v) is 7.65. The summed E-state index contributed by atoms with van der Waals surface area (Å²) in [6, 6.07) is 10.6. The predicted molar refractivity (Wildman–Crippen MR) is 90.6 cm³/mol. The Labute approximate surface area is 138 Å². The molecule has 0 bridgehead atoms. The number of aromatic nitrogens is 2. The summed E-state index contributed by atoms with van der Waals surface area (Å²) in [5, 5.41) is 0.783. The van der Waals surface area contributed by atoms with Crippen molar-refractivity contribution in [3.63, 3.8) is 0 Å². The van der Waals surface area contributed by atoms with Crippen molar-refractivity contribution in [2.24, 2.45) is 0 Å². The minimum absolute atomic E-state index is 0.177. The lowest BCUT2D eigenvalue weighted by atomic mass is 10.2. The molecule has 0 spiro atoms. The minimum Gasteiger partial charge on any atom is -0.497 e. The molecule has 0 aliphatic rings. The molecule has 1 N–H and O–H groups in total. The number of nitrogens with one attached hydrogen (secondary N) is 1. The fourth-order valence-electron chi connectivity index (χ4n) is 2.64. The van der Waals surface area contributed by atoms with Crippen LogP contribution in [-0.2, 0) is 11.3 Å². The van der Waals surface area contributed by atoms with Crippen LogP contribution < -0.4 is 10.3 Å². The number of carbonyl (C=O) groups is 1. The van der Waals surface area contributed by atoms with Gasteiger partial charge >= 0.3 is 5.97 Å². The lowest BCUT2D eigenvalue weighted by Gasteiger charge is -2.10. The van der Waals surface area contributed by atoms with Crippen molar-refractivity contribution in [3.05, 3.63) is 64.2 Å². The number of hydrogen-bond donors (Lipinski definition) is 1. The molecule has 0 saturated carbocycles. The first-order valence-electron chi connectivity index (χ1n) is 7.65. The molecule has 0 aliphatic heterocycles. The van der Waals surface area contributed by atoms with Gasteiger partial charge < -0.3 is 19.0 Å². The van der Waals surface area contributed by atoms with Gasteiger partial charge in [0.25, 0.3) is 5.56 Å². The normalized spacial score (nSPS) is 10.8. The van der Waals surface area contributed by atoms with E-state index in [1.807, 2.05) is 24.3 Å². The van der Waals surface area contributed by atoms with E-state index in [4.69, 9.17) is 9.47 Å². The Kier molecular flexibility index (Phi) is 4.37. The number of ether oxygens (including phenoxy) is 2. The van der Waals surface area contributed by atoms with Gasteiger partial charge in [0.15, 0.2) is 0 Å². The molecular formula is C18H18N2O4. The molecule has 0 amide bonds. The number of esters is 1. The van der Waals surface area contributed by atoms with Crippen molar-refractivity contribution < 1.29 is 14.3 Å². The standard InChI is InChI=1S/C18H18N2O4/c1-3-24-18(22)16-17-13(10-19-16)6-9-15(21)20(17)11-12-4-7-14(23-2)8-5-12/h4-10,19H,3,11H2,1-2H3. The molecule has 6 nitrogen and oxygen atoms in total. The van der Waals surface area contributed by atoms with Gasteiger partial charge in [-0.1, -0.05) is 12.1 Å². The van der Waals surface area contributed by atoms with Crippen LogP contribution in [0.3, 0.4) is 0 Å². The van der Waals surface area contributed by atoms with Gasteiger partial charge in [0, 0.05) is 17.6 Å².